The minimum absolute atomic E-state index is 0.114. The van der Waals surface area contributed by atoms with Crippen molar-refractivity contribution in [1.29, 1.82) is 0 Å². The van der Waals surface area contributed by atoms with E-state index in [2.05, 4.69) is 31.2 Å². The van der Waals surface area contributed by atoms with Crippen molar-refractivity contribution in [3.05, 3.63) is 40.6 Å². The largest absolute Gasteiger partial charge is 0.434 e. The first kappa shape index (κ1) is 14.6. The van der Waals surface area contributed by atoms with Gasteiger partial charge < -0.3 is 10.1 Å². The summed E-state index contributed by atoms with van der Waals surface area (Å²) in [4.78, 5) is 7.94. The van der Waals surface area contributed by atoms with Gasteiger partial charge in [-0.15, -0.1) is 0 Å². The van der Waals surface area contributed by atoms with Gasteiger partial charge in [-0.05, 0) is 34.5 Å². The Kier molecular flexibility index (Phi) is 4.84. The van der Waals surface area contributed by atoms with E-state index in [0.29, 0.717) is 10.3 Å². The molecule has 7 heteroatoms. The summed E-state index contributed by atoms with van der Waals surface area (Å²) in [6.45, 7) is 2.74. The average Bonchev–Trinajstić information content (AvgIpc) is 2.44. The van der Waals surface area contributed by atoms with Gasteiger partial charge in [0, 0.05) is 6.54 Å². The van der Waals surface area contributed by atoms with Crippen LogP contribution >= 0.6 is 15.9 Å². The van der Waals surface area contributed by atoms with E-state index >= 15 is 0 Å². The van der Waals surface area contributed by atoms with Crippen molar-refractivity contribution in [2.45, 2.75) is 13.3 Å². The molecule has 1 N–H and O–H groups in total. The smallest absolute Gasteiger partial charge is 0.239 e. The van der Waals surface area contributed by atoms with E-state index < -0.39 is 11.6 Å². The summed E-state index contributed by atoms with van der Waals surface area (Å²) in [6.07, 6.45) is 2.21. The average molecular weight is 344 g/mol. The molecule has 106 valence electrons. The fourth-order valence-corrected chi connectivity index (χ4v) is 1.88. The van der Waals surface area contributed by atoms with E-state index in [1.165, 1.54) is 18.5 Å². The van der Waals surface area contributed by atoms with Crippen molar-refractivity contribution < 1.29 is 13.5 Å². The maximum Gasteiger partial charge on any atom is 0.239 e. The van der Waals surface area contributed by atoms with Crippen LogP contribution in [0.25, 0.3) is 0 Å². The molecule has 0 saturated carbocycles. The lowest BCUT2D eigenvalue weighted by molar-refractivity contribution is 0.403. The van der Waals surface area contributed by atoms with Gasteiger partial charge in [0.25, 0.3) is 0 Å². The summed E-state index contributed by atoms with van der Waals surface area (Å²) < 4.78 is 32.4. The third-order valence-corrected chi connectivity index (χ3v) is 3.14. The molecule has 0 aliphatic heterocycles. The Labute approximate surface area is 123 Å². The highest BCUT2D eigenvalue weighted by Crippen LogP contribution is 2.33. The fraction of sp³-hybridized carbons (Fsp3) is 0.231. The van der Waals surface area contributed by atoms with Gasteiger partial charge in [0.1, 0.15) is 16.6 Å². The molecule has 20 heavy (non-hydrogen) atoms. The van der Waals surface area contributed by atoms with Gasteiger partial charge in [0.05, 0.1) is 0 Å². The number of rotatable bonds is 5. The molecule has 0 radical (unpaired) electrons. The van der Waals surface area contributed by atoms with E-state index in [0.717, 1.165) is 19.0 Å². The monoisotopic (exact) mass is 343 g/mol. The van der Waals surface area contributed by atoms with Gasteiger partial charge in [-0.3, -0.25) is 0 Å². The van der Waals surface area contributed by atoms with Crippen LogP contribution in [0.15, 0.2) is 29.0 Å². The van der Waals surface area contributed by atoms with Gasteiger partial charge >= 0.3 is 0 Å². The summed E-state index contributed by atoms with van der Waals surface area (Å²) in [5.74, 6) is -1.61. The predicted octanol–water partition coefficient (Wildman–Crippen LogP) is 4.13. The number of hydrogen-bond acceptors (Lipinski definition) is 4. The predicted molar refractivity (Wildman–Crippen MR) is 74.9 cm³/mol. The summed E-state index contributed by atoms with van der Waals surface area (Å²) in [5.41, 5.74) is 0. The van der Waals surface area contributed by atoms with Crippen LogP contribution in [-0.2, 0) is 0 Å². The molecule has 0 atom stereocenters. The first-order valence-electron chi connectivity index (χ1n) is 5.99. The standard InChI is InChI=1S/C13H12BrF2N3O/c1-2-6-17-12-10(14)13(19-7-18-12)20-9-5-3-4-8(15)11(9)16/h3-5,7H,2,6H2,1H3,(H,17,18,19). The summed E-state index contributed by atoms with van der Waals surface area (Å²) in [5, 5.41) is 3.07. The number of aromatic nitrogens is 2. The van der Waals surface area contributed by atoms with Gasteiger partial charge in [-0.1, -0.05) is 13.0 Å². The molecule has 0 fully saturated rings. The molecule has 0 amide bonds. The minimum Gasteiger partial charge on any atom is -0.434 e. The third kappa shape index (κ3) is 3.22. The van der Waals surface area contributed by atoms with E-state index in [-0.39, 0.29) is 11.6 Å². The Hall–Kier alpha value is -1.76. The van der Waals surface area contributed by atoms with Crippen molar-refractivity contribution in [1.82, 2.24) is 9.97 Å². The molecule has 0 bridgehead atoms. The molecular formula is C13H12BrF2N3O. The molecule has 0 aliphatic carbocycles. The maximum absolute atomic E-state index is 13.5. The number of ether oxygens (including phenoxy) is 1. The molecule has 0 spiro atoms. The second-order valence-electron chi connectivity index (χ2n) is 3.92. The van der Waals surface area contributed by atoms with Crippen LogP contribution in [0.5, 0.6) is 11.6 Å². The lowest BCUT2D eigenvalue weighted by Gasteiger charge is -2.11. The Morgan fingerprint density at radius 2 is 2.10 bits per heavy atom. The number of halogens is 3. The van der Waals surface area contributed by atoms with Gasteiger partial charge in [-0.25, -0.2) is 14.4 Å². The van der Waals surface area contributed by atoms with Crippen LogP contribution < -0.4 is 10.1 Å². The molecule has 0 saturated heterocycles. The molecule has 2 rings (SSSR count). The topological polar surface area (TPSA) is 47.0 Å². The normalized spacial score (nSPS) is 10.4. The lowest BCUT2D eigenvalue weighted by atomic mass is 10.3. The first-order chi connectivity index (χ1) is 9.63. The van der Waals surface area contributed by atoms with Crippen LogP contribution in [0.3, 0.4) is 0 Å². The molecule has 1 heterocycles. The molecule has 1 aromatic carbocycles. The molecule has 2 aromatic rings. The molecular weight excluding hydrogens is 332 g/mol. The zero-order valence-electron chi connectivity index (χ0n) is 10.7. The SMILES string of the molecule is CCCNc1ncnc(Oc2cccc(F)c2F)c1Br. The van der Waals surface area contributed by atoms with Crippen LogP contribution in [0.1, 0.15) is 13.3 Å². The van der Waals surface area contributed by atoms with E-state index in [9.17, 15) is 8.78 Å². The quantitative estimate of drug-likeness (QED) is 0.886. The van der Waals surface area contributed by atoms with Crippen molar-refractivity contribution in [2.24, 2.45) is 0 Å². The summed E-state index contributed by atoms with van der Waals surface area (Å²) in [6, 6.07) is 3.71. The summed E-state index contributed by atoms with van der Waals surface area (Å²) >= 11 is 3.28. The molecule has 1 aromatic heterocycles. The van der Waals surface area contributed by atoms with Gasteiger partial charge in [-0.2, -0.15) is 4.39 Å². The second-order valence-corrected chi connectivity index (χ2v) is 4.72. The second kappa shape index (κ2) is 6.60. The molecule has 4 nitrogen and oxygen atoms in total. The van der Waals surface area contributed by atoms with E-state index in [4.69, 9.17) is 4.74 Å². The highest BCUT2D eigenvalue weighted by Gasteiger charge is 2.14. The Balaban J connectivity index is 2.27. The number of anilines is 1. The van der Waals surface area contributed by atoms with E-state index in [1.807, 2.05) is 6.92 Å². The van der Waals surface area contributed by atoms with Crippen LogP contribution in [0.2, 0.25) is 0 Å². The highest BCUT2D eigenvalue weighted by molar-refractivity contribution is 9.10. The zero-order valence-corrected chi connectivity index (χ0v) is 12.2. The van der Waals surface area contributed by atoms with Crippen LogP contribution in [0, 0.1) is 11.6 Å². The van der Waals surface area contributed by atoms with Gasteiger partial charge in [0.15, 0.2) is 11.6 Å². The Morgan fingerprint density at radius 3 is 2.85 bits per heavy atom. The van der Waals surface area contributed by atoms with E-state index in [1.54, 1.807) is 0 Å². The van der Waals surface area contributed by atoms with Crippen molar-refractivity contribution in [3.8, 4) is 11.6 Å². The Bertz CT molecular complexity index is 610. The van der Waals surface area contributed by atoms with Crippen LogP contribution in [-0.4, -0.2) is 16.5 Å². The minimum atomic E-state index is -1.05. The van der Waals surface area contributed by atoms with Crippen molar-refractivity contribution in [3.63, 3.8) is 0 Å². The fourth-order valence-electron chi connectivity index (χ4n) is 1.46. The van der Waals surface area contributed by atoms with Crippen LogP contribution in [0.4, 0.5) is 14.6 Å². The Morgan fingerprint density at radius 1 is 1.30 bits per heavy atom. The maximum atomic E-state index is 13.5. The lowest BCUT2D eigenvalue weighted by Crippen LogP contribution is -2.04. The molecule has 0 unspecified atom stereocenters. The van der Waals surface area contributed by atoms with Gasteiger partial charge in [0.2, 0.25) is 11.7 Å². The number of nitrogens with zero attached hydrogens (tertiary/aromatic N) is 2. The number of benzene rings is 1. The summed E-state index contributed by atoms with van der Waals surface area (Å²) in [7, 11) is 0. The zero-order chi connectivity index (χ0) is 14.5. The molecule has 0 aliphatic rings. The van der Waals surface area contributed by atoms with Crippen molar-refractivity contribution >= 4 is 21.7 Å². The number of nitrogens with one attached hydrogen (secondary N) is 1. The van der Waals surface area contributed by atoms with Crippen molar-refractivity contribution in [2.75, 3.05) is 11.9 Å². The number of hydrogen-bond donors (Lipinski definition) is 1. The highest BCUT2D eigenvalue weighted by atomic mass is 79.9. The first-order valence-corrected chi connectivity index (χ1v) is 6.79. The third-order valence-electron chi connectivity index (χ3n) is 2.42.